The van der Waals surface area contributed by atoms with Gasteiger partial charge in [0.2, 0.25) is 0 Å². The maximum Gasteiger partial charge on any atom is 0.328 e. The van der Waals surface area contributed by atoms with Gasteiger partial charge >= 0.3 is 5.97 Å². The SMILES string of the molecule is N#CCCN(c1ccc(/C=C/C(=O)O)c(Br)c1)C1CC1. The van der Waals surface area contributed by atoms with Crippen molar-refractivity contribution < 1.29 is 9.90 Å². The summed E-state index contributed by atoms with van der Waals surface area (Å²) in [6.45, 7) is 0.734. The van der Waals surface area contributed by atoms with Crippen molar-refractivity contribution in [2.45, 2.75) is 25.3 Å². The highest BCUT2D eigenvalue weighted by Gasteiger charge is 2.29. The molecule has 2 rings (SSSR count). The molecular weight excluding hydrogens is 320 g/mol. The van der Waals surface area contributed by atoms with Gasteiger partial charge in [-0.15, -0.1) is 0 Å². The molecule has 4 nitrogen and oxygen atoms in total. The minimum absolute atomic E-state index is 0.509. The van der Waals surface area contributed by atoms with E-state index in [9.17, 15) is 4.79 Å². The number of benzene rings is 1. The van der Waals surface area contributed by atoms with Gasteiger partial charge in [0.15, 0.2) is 0 Å². The van der Waals surface area contributed by atoms with E-state index >= 15 is 0 Å². The van der Waals surface area contributed by atoms with Gasteiger partial charge in [-0.25, -0.2) is 4.79 Å². The average Bonchev–Trinajstić information content (AvgIpc) is 3.22. The molecule has 0 atom stereocenters. The summed E-state index contributed by atoms with van der Waals surface area (Å²) < 4.78 is 0.857. The second-order valence-electron chi connectivity index (χ2n) is 4.71. The molecule has 0 unspecified atom stereocenters. The Bertz CT molecular complexity index is 574. The van der Waals surface area contributed by atoms with Crippen molar-refractivity contribution in [1.82, 2.24) is 0 Å². The third kappa shape index (κ3) is 3.84. The van der Waals surface area contributed by atoms with Crippen molar-refractivity contribution in [2.75, 3.05) is 11.4 Å². The first-order valence-corrected chi connectivity index (χ1v) is 7.25. The lowest BCUT2D eigenvalue weighted by Gasteiger charge is -2.24. The molecule has 104 valence electrons. The Balaban J connectivity index is 2.18. The number of carboxylic acids is 1. The van der Waals surface area contributed by atoms with Gasteiger partial charge in [0.25, 0.3) is 0 Å². The van der Waals surface area contributed by atoms with E-state index in [0.717, 1.165) is 28.3 Å². The Morgan fingerprint density at radius 1 is 1.55 bits per heavy atom. The molecule has 1 aliphatic carbocycles. The van der Waals surface area contributed by atoms with Crippen molar-refractivity contribution in [3.63, 3.8) is 0 Å². The highest BCUT2D eigenvalue weighted by Crippen LogP contribution is 2.34. The molecule has 0 bridgehead atoms. The molecule has 1 N–H and O–H groups in total. The summed E-state index contributed by atoms with van der Waals surface area (Å²) in [7, 11) is 0. The Morgan fingerprint density at radius 3 is 2.85 bits per heavy atom. The van der Waals surface area contributed by atoms with E-state index in [4.69, 9.17) is 10.4 Å². The number of hydrogen-bond acceptors (Lipinski definition) is 3. The van der Waals surface area contributed by atoms with Crippen molar-refractivity contribution in [2.24, 2.45) is 0 Å². The number of rotatable bonds is 6. The number of carbonyl (C=O) groups is 1. The van der Waals surface area contributed by atoms with Crippen LogP contribution in [0.1, 0.15) is 24.8 Å². The smallest absolute Gasteiger partial charge is 0.328 e. The zero-order valence-electron chi connectivity index (χ0n) is 10.9. The maximum absolute atomic E-state index is 10.5. The van der Waals surface area contributed by atoms with Crippen LogP contribution < -0.4 is 4.90 Å². The van der Waals surface area contributed by atoms with Crippen molar-refractivity contribution in [1.29, 1.82) is 5.26 Å². The van der Waals surface area contributed by atoms with Crippen LogP contribution in [0.15, 0.2) is 28.7 Å². The quantitative estimate of drug-likeness (QED) is 0.809. The Kier molecular flexibility index (Phi) is 4.80. The van der Waals surface area contributed by atoms with Gasteiger partial charge < -0.3 is 10.0 Å². The first kappa shape index (κ1) is 14.6. The second kappa shape index (κ2) is 6.58. The van der Waals surface area contributed by atoms with Crippen LogP contribution in [0.5, 0.6) is 0 Å². The third-order valence-corrected chi connectivity index (χ3v) is 3.86. The molecule has 0 heterocycles. The Morgan fingerprint density at radius 2 is 2.30 bits per heavy atom. The molecule has 0 aliphatic heterocycles. The molecular formula is C15H15BrN2O2. The molecule has 20 heavy (non-hydrogen) atoms. The van der Waals surface area contributed by atoms with Crippen LogP contribution in [0.3, 0.4) is 0 Å². The number of hydrogen-bond donors (Lipinski definition) is 1. The van der Waals surface area contributed by atoms with Crippen LogP contribution in [0.25, 0.3) is 6.08 Å². The zero-order chi connectivity index (χ0) is 14.5. The van der Waals surface area contributed by atoms with E-state index in [0.29, 0.717) is 12.5 Å². The largest absolute Gasteiger partial charge is 0.478 e. The van der Waals surface area contributed by atoms with Crippen molar-refractivity contribution >= 4 is 33.7 Å². The molecule has 0 saturated heterocycles. The lowest BCUT2D eigenvalue weighted by molar-refractivity contribution is -0.131. The molecule has 0 radical (unpaired) electrons. The Hall–Kier alpha value is -1.80. The standard InChI is InChI=1S/C15H15BrN2O2/c16-14-10-13(4-2-11(14)3-7-15(19)20)18(9-1-8-17)12-5-6-12/h2-4,7,10,12H,1,5-6,9H2,(H,19,20)/b7-3+. The van der Waals surface area contributed by atoms with Crippen LogP contribution in [-0.4, -0.2) is 23.7 Å². The fourth-order valence-electron chi connectivity index (χ4n) is 2.07. The lowest BCUT2D eigenvalue weighted by Crippen LogP contribution is -2.26. The van der Waals surface area contributed by atoms with E-state index in [1.165, 1.54) is 12.8 Å². The molecule has 5 heteroatoms. The summed E-state index contributed by atoms with van der Waals surface area (Å²) in [5.41, 5.74) is 1.90. The van der Waals surface area contributed by atoms with E-state index in [2.05, 4.69) is 26.9 Å². The highest BCUT2D eigenvalue weighted by molar-refractivity contribution is 9.10. The lowest BCUT2D eigenvalue weighted by atomic mass is 10.1. The zero-order valence-corrected chi connectivity index (χ0v) is 12.5. The van der Waals surface area contributed by atoms with Gasteiger partial charge in [-0.1, -0.05) is 22.0 Å². The normalized spacial score (nSPS) is 14.2. The van der Waals surface area contributed by atoms with Crippen LogP contribution in [-0.2, 0) is 4.79 Å². The monoisotopic (exact) mass is 334 g/mol. The average molecular weight is 335 g/mol. The topological polar surface area (TPSA) is 64.3 Å². The number of nitrogens with zero attached hydrogens (tertiary/aromatic N) is 2. The van der Waals surface area contributed by atoms with Crippen LogP contribution >= 0.6 is 15.9 Å². The van der Waals surface area contributed by atoms with Crippen LogP contribution in [0.2, 0.25) is 0 Å². The maximum atomic E-state index is 10.5. The molecule has 0 aromatic heterocycles. The number of carboxylic acid groups (broad SMARTS) is 1. The Labute approximate surface area is 126 Å². The molecule has 1 aliphatic rings. The highest BCUT2D eigenvalue weighted by atomic mass is 79.9. The van der Waals surface area contributed by atoms with E-state index < -0.39 is 5.97 Å². The van der Waals surface area contributed by atoms with E-state index in [1.807, 2.05) is 18.2 Å². The molecule has 1 aromatic rings. The van der Waals surface area contributed by atoms with Crippen LogP contribution in [0, 0.1) is 11.3 Å². The van der Waals surface area contributed by atoms with Gasteiger partial charge in [-0.3, -0.25) is 0 Å². The van der Waals surface area contributed by atoms with Gasteiger partial charge in [0, 0.05) is 28.8 Å². The predicted octanol–water partition coefficient (Wildman–Crippen LogP) is 3.43. The van der Waals surface area contributed by atoms with Gasteiger partial charge in [-0.05, 0) is 36.6 Å². The number of anilines is 1. The van der Waals surface area contributed by atoms with Gasteiger partial charge in [0.05, 0.1) is 12.5 Å². The van der Waals surface area contributed by atoms with E-state index in [-0.39, 0.29) is 0 Å². The summed E-state index contributed by atoms with van der Waals surface area (Å²) in [4.78, 5) is 12.8. The fraction of sp³-hybridized carbons (Fsp3) is 0.333. The molecule has 1 fully saturated rings. The molecule has 1 aromatic carbocycles. The predicted molar refractivity (Wildman–Crippen MR) is 81.4 cm³/mol. The summed E-state index contributed by atoms with van der Waals surface area (Å²) in [6.07, 6.45) is 5.53. The molecule has 1 saturated carbocycles. The van der Waals surface area contributed by atoms with Crippen molar-refractivity contribution in [3.8, 4) is 6.07 Å². The fourth-order valence-corrected chi connectivity index (χ4v) is 2.57. The number of aliphatic carboxylic acids is 1. The summed E-state index contributed by atoms with van der Waals surface area (Å²) in [6, 6.07) is 8.56. The summed E-state index contributed by atoms with van der Waals surface area (Å²) in [5.74, 6) is -0.963. The minimum atomic E-state index is -0.963. The second-order valence-corrected chi connectivity index (χ2v) is 5.56. The van der Waals surface area contributed by atoms with Gasteiger partial charge in [0.1, 0.15) is 0 Å². The first-order valence-electron chi connectivity index (χ1n) is 6.46. The first-order chi connectivity index (χ1) is 9.61. The molecule has 0 spiro atoms. The molecule has 0 amide bonds. The van der Waals surface area contributed by atoms with E-state index in [1.54, 1.807) is 6.08 Å². The number of nitriles is 1. The third-order valence-electron chi connectivity index (χ3n) is 3.17. The van der Waals surface area contributed by atoms with Gasteiger partial charge in [-0.2, -0.15) is 5.26 Å². The minimum Gasteiger partial charge on any atom is -0.478 e. The van der Waals surface area contributed by atoms with Crippen LogP contribution in [0.4, 0.5) is 5.69 Å². The van der Waals surface area contributed by atoms with Crippen molar-refractivity contribution in [3.05, 3.63) is 34.3 Å². The summed E-state index contributed by atoms with van der Waals surface area (Å²) >= 11 is 3.47. The number of halogens is 1. The summed E-state index contributed by atoms with van der Waals surface area (Å²) in [5, 5.41) is 17.4.